The molecule has 1 aromatic carbocycles. The number of rotatable bonds is 1. The summed E-state index contributed by atoms with van der Waals surface area (Å²) in [4.78, 5) is 5.56. The van der Waals surface area contributed by atoms with E-state index in [2.05, 4.69) is 35.5 Å². The number of hydrogen-bond donors (Lipinski definition) is 0. The van der Waals surface area contributed by atoms with Crippen LogP contribution < -0.4 is 0 Å². The van der Waals surface area contributed by atoms with Gasteiger partial charge in [-0.1, -0.05) is 6.07 Å². The standard InChI is InChI=1S/C11H11NS/c1-8-11-4-3-10(13-2)7-9(11)5-6-12-8/h3-7H,1-2H3. The number of benzene rings is 1. The third-order valence-electron chi connectivity index (χ3n) is 2.17. The molecule has 1 aromatic heterocycles. The molecule has 0 N–H and O–H groups in total. The molecule has 66 valence electrons. The molecule has 0 aliphatic heterocycles. The lowest BCUT2D eigenvalue weighted by Crippen LogP contribution is -1.82. The van der Waals surface area contributed by atoms with E-state index in [9.17, 15) is 0 Å². The summed E-state index contributed by atoms with van der Waals surface area (Å²) in [7, 11) is 0. The molecule has 0 radical (unpaired) electrons. The van der Waals surface area contributed by atoms with Gasteiger partial charge >= 0.3 is 0 Å². The Labute approximate surface area is 82.2 Å². The molecule has 2 heteroatoms. The summed E-state index contributed by atoms with van der Waals surface area (Å²) in [6.07, 6.45) is 3.96. The SMILES string of the molecule is CSc1ccc2c(C)nccc2c1. The molecule has 0 unspecified atom stereocenters. The van der Waals surface area contributed by atoms with Gasteiger partial charge in [0, 0.05) is 22.2 Å². The summed E-state index contributed by atoms with van der Waals surface area (Å²) in [5.41, 5.74) is 1.10. The molecule has 2 rings (SSSR count). The van der Waals surface area contributed by atoms with E-state index in [0.29, 0.717) is 0 Å². The second kappa shape index (κ2) is 3.38. The van der Waals surface area contributed by atoms with Crippen molar-refractivity contribution in [2.75, 3.05) is 6.26 Å². The molecule has 1 heterocycles. The van der Waals surface area contributed by atoms with Crippen molar-refractivity contribution < 1.29 is 0 Å². The van der Waals surface area contributed by atoms with E-state index in [1.54, 1.807) is 11.8 Å². The first-order chi connectivity index (χ1) is 6.31. The number of nitrogens with zero attached hydrogens (tertiary/aromatic N) is 1. The smallest absolute Gasteiger partial charge is 0.0450 e. The van der Waals surface area contributed by atoms with Gasteiger partial charge in [0.2, 0.25) is 0 Å². The van der Waals surface area contributed by atoms with Crippen LogP contribution in [-0.4, -0.2) is 11.2 Å². The minimum atomic E-state index is 1.10. The topological polar surface area (TPSA) is 12.9 Å². The van der Waals surface area contributed by atoms with Crippen LogP contribution in [0.25, 0.3) is 10.8 Å². The Balaban J connectivity index is 2.72. The van der Waals surface area contributed by atoms with Gasteiger partial charge in [0.1, 0.15) is 0 Å². The molecule has 2 aromatic rings. The van der Waals surface area contributed by atoms with E-state index in [4.69, 9.17) is 0 Å². The number of fused-ring (bicyclic) bond motifs is 1. The number of pyridine rings is 1. The molecule has 0 saturated heterocycles. The first-order valence-electron chi connectivity index (χ1n) is 4.20. The minimum Gasteiger partial charge on any atom is -0.261 e. The van der Waals surface area contributed by atoms with Gasteiger partial charge in [-0.2, -0.15) is 0 Å². The van der Waals surface area contributed by atoms with Crippen molar-refractivity contribution in [2.24, 2.45) is 0 Å². The number of aromatic nitrogens is 1. The van der Waals surface area contributed by atoms with Crippen molar-refractivity contribution in [3.63, 3.8) is 0 Å². The van der Waals surface area contributed by atoms with Gasteiger partial charge in [0.25, 0.3) is 0 Å². The Morgan fingerprint density at radius 1 is 1.23 bits per heavy atom. The van der Waals surface area contributed by atoms with Crippen LogP contribution in [-0.2, 0) is 0 Å². The molecule has 0 amide bonds. The van der Waals surface area contributed by atoms with Crippen molar-refractivity contribution in [1.29, 1.82) is 0 Å². The minimum absolute atomic E-state index is 1.10. The average molecular weight is 189 g/mol. The molecule has 0 bridgehead atoms. The van der Waals surface area contributed by atoms with Crippen molar-refractivity contribution >= 4 is 22.5 Å². The van der Waals surface area contributed by atoms with E-state index >= 15 is 0 Å². The van der Waals surface area contributed by atoms with Gasteiger partial charge in [0.05, 0.1) is 0 Å². The zero-order valence-electron chi connectivity index (χ0n) is 7.74. The van der Waals surface area contributed by atoms with E-state index in [1.165, 1.54) is 15.7 Å². The maximum Gasteiger partial charge on any atom is 0.0450 e. The maximum absolute atomic E-state index is 4.26. The van der Waals surface area contributed by atoms with E-state index in [-0.39, 0.29) is 0 Å². The van der Waals surface area contributed by atoms with Crippen molar-refractivity contribution in [3.05, 3.63) is 36.2 Å². The Morgan fingerprint density at radius 2 is 2.08 bits per heavy atom. The second-order valence-electron chi connectivity index (χ2n) is 2.98. The lowest BCUT2D eigenvalue weighted by molar-refractivity contribution is 1.23. The molecular weight excluding hydrogens is 178 g/mol. The summed E-state index contributed by atoms with van der Waals surface area (Å²) in [5.74, 6) is 0. The third kappa shape index (κ3) is 1.54. The predicted molar refractivity (Wildman–Crippen MR) is 58.3 cm³/mol. The Morgan fingerprint density at radius 3 is 2.85 bits per heavy atom. The first-order valence-corrected chi connectivity index (χ1v) is 5.43. The summed E-state index contributed by atoms with van der Waals surface area (Å²) in [6, 6.07) is 8.54. The normalized spacial score (nSPS) is 10.6. The largest absolute Gasteiger partial charge is 0.261 e. The zero-order chi connectivity index (χ0) is 9.26. The van der Waals surface area contributed by atoms with E-state index in [1.807, 2.05) is 13.1 Å². The second-order valence-corrected chi connectivity index (χ2v) is 3.86. The highest BCUT2D eigenvalue weighted by Gasteiger charge is 1.97. The summed E-state index contributed by atoms with van der Waals surface area (Å²) in [6.45, 7) is 2.04. The van der Waals surface area contributed by atoms with Crippen molar-refractivity contribution in [1.82, 2.24) is 4.98 Å². The van der Waals surface area contributed by atoms with Crippen LogP contribution in [0.3, 0.4) is 0 Å². The Kier molecular flexibility index (Phi) is 2.23. The highest BCUT2D eigenvalue weighted by atomic mass is 32.2. The molecule has 1 nitrogen and oxygen atoms in total. The van der Waals surface area contributed by atoms with Gasteiger partial charge in [-0.3, -0.25) is 4.98 Å². The molecule has 0 atom stereocenters. The fourth-order valence-corrected chi connectivity index (χ4v) is 1.88. The Hall–Kier alpha value is -1.02. The fraction of sp³-hybridized carbons (Fsp3) is 0.182. The lowest BCUT2D eigenvalue weighted by Gasteiger charge is -2.02. The molecular formula is C11H11NS. The van der Waals surface area contributed by atoms with Crippen LogP contribution in [0.5, 0.6) is 0 Å². The van der Waals surface area contributed by atoms with Crippen LogP contribution >= 0.6 is 11.8 Å². The molecule has 0 fully saturated rings. The zero-order valence-corrected chi connectivity index (χ0v) is 8.56. The highest BCUT2D eigenvalue weighted by Crippen LogP contribution is 2.22. The molecule has 0 aliphatic rings. The third-order valence-corrected chi connectivity index (χ3v) is 2.90. The molecule has 0 saturated carbocycles. The summed E-state index contributed by atoms with van der Waals surface area (Å²) >= 11 is 1.77. The van der Waals surface area contributed by atoms with E-state index < -0.39 is 0 Å². The fourth-order valence-electron chi connectivity index (χ4n) is 1.43. The van der Waals surface area contributed by atoms with Crippen LogP contribution in [0.15, 0.2) is 35.4 Å². The van der Waals surface area contributed by atoms with Crippen LogP contribution in [0.1, 0.15) is 5.69 Å². The highest BCUT2D eigenvalue weighted by molar-refractivity contribution is 7.98. The summed E-state index contributed by atoms with van der Waals surface area (Å²) in [5, 5.41) is 2.53. The Bertz CT molecular complexity index is 437. The number of aryl methyl sites for hydroxylation is 1. The first kappa shape index (κ1) is 8.57. The number of thioether (sulfide) groups is 1. The lowest BCUT2D eigenvalue weighted by atomic mass is 10.1. The predicted octanol–water partition coefficient (Wildman–Crippen LogP) is 3.27. The van der Waals surface area contributed by atoms with Gasteiger partial charge in [-0.15, -0.1) is 11.8 Å². The van der Waals surface area contributed by atoms with Crippen molar-refractivity contribution in [2.45, 2.75) is 11.8 Å². The van der Waals surface area contributed by atoms with Crippen LogP contribution in [0, 0.1) is 6.92 Å². The van der Waals surface area contributed by atoms with Gasteiger partial charge in [-0.25, -0.2) is 0 Å². The van der Waals surface area contributed by atoms with Crippen molar-refractivity contribution in [3.8, 4) is 0 Å². The quantitative estimate of drug-likeness (QED) is 0.639. The van der Waals surface area contributed by atoms with Crippen LogP contribution in [0.4, 0.5) is 0 Å². The maximum atomic E-state index is 4.26. The monoisotopic (exact) mass is 189 g/mol. The van der Waals surface area contributed by atoms with Crippen LogP contribution in [0.2, 0.25) is 0 Å². The summed E-state index contributed by atoms with van der Waals surface area (Å²) < 4.78 is 0. The molecule has 0 aliphatic carbocycles. The van der Waals surface area contributed by atoms with Gasteiger partial charge in [-0.05, 0) is 36.8 Å². The van der Waals surface area contributed by atoms with Gasteiger partial charge < -0.3 is 0 Å². The van der Waals surface area contributed by atoms with Gasteiger partial charge in [0.15, 0.2) is 0 Å². The molecule has 13 heavy (non-hydrogen) atoms. The average Bonchev–Trinajstić information content (AvgIpc) is 2.18. The van der Waals surface area contributed by atoms with E-state index in [0.717, 1.165) is 5.69 Å². The molecule has 0 spiro atoms. The number of hydrogen-bond acceptors (Lipinski definition) is 2.